The van der Waals surface area contributed by atoms with Gasteiger partial charge in [0.1, 0.15) is 11.1 Å². The average molecular weight is 498 g/mol. The summed E-state index contributed by atoms with van der Waals surface area (Å²) in [5.41, 5.74) is 4.39. The van der Waals surface area contributed by atoms with Crippen molar-refractivity contribution < 1.29 is 4.79 Å². The van der Waals surface area contributed by atoms with Crippen LogP contribution in [-0.2, 0) is 37.5 Å². The first-order valence-corrected chi connectivity index (χ1v) is 14.1. The molecular weight excluding hydrogens is 470 g/mol. The lowest BCUT2D eigenvalue weighted by atomic mass is 9.88. The Balaban J connectivity index is 1.27. The number of nitrogens with zero attached hydrogens (tertiary/aromatic N) is 4. The van der Waals surface area contributed by atoms with Gasteiger partial charge in [-0.25, -0.2) is 0 Å². The highest BCUT2D eigenvalue weighted by Gasteiger charge is 2.26. The molecule has 1 N–H and O–H groups in total. The lowest BCUT2D eigenvalue weighted by molar-refractivity contribution is -0.113. The summed E-state index contributed by atoms with van der Waals surface area (Å²) < 4.78 is 1.99. The summed E-state index contributed by atoms with van der Waals surface area (Å²) >= 11 is 4.77. The molecule has 3 aromatic rings. The van der Waals surface area contributed by atoms with Crippen LogP contribution in [0.1, 0.15) is 53.1 Å². The maximum Gasteiger partial charge on any atom is 0.235 e. The van der Waals surface area contributed by atoms with Crippen molar-refractivity contribution in [2.75, 3.05) is 11.1 Å². The largest absolute Gasteiger partial charge is 0.316 e. The third-order valence-corrected chi connectivity index (χ3v) is 9.93. The Morgan fingerprint density at radius 1 is 1.21 bits per heavy atom. The number of fused-ring (bicyclic) bond motifs is 2. The molecule has 5 rings (SSSR count). The topological polar surface area (TPSA) is 83.6 Å². The Hall–Kier alpha value is -2.15. The second-order valence-corrected chi connectivity index (χ2v) is 12.3. The molecule has 0 fully saturated rings. The van der Waals surface area contributed by atoms with E-state index in [1.807, 2.05) is 23.0 Å². The predicted octanol–water partition coefficient (Wildman–Crippen LogP) is 5.46. The molecule has 2 aliphatic rings. The van der Waals surface area contributed by atoms with Gasteiger partial charge in [0.05, 0.1) is 11.3 Å². The van der Waals surface area contributed by atoms with E-state index in [2.05, 4.69) is 40.8 Å². The van der Waals surface area contributed by atoms with Crippen LogP contribution in [0.25, 0.3) is 11.4 Å². The van der Waals surface area contributed by atoms with Gasteiger partial charge in [0.15, 0.2) is 11.0 Å². The van der Waals surface area contributed by atoms with Gasteiger partial charge in [-0.3, -0.25) is 4.79 Å². The lowest BCUT2D eigenvalue weighted by Gasteiger charge is -2.18. The van der Waals surface area contributed by atoms with Crippen LogP contribution < -0.4 is 5.32 Å². The van der Waals surface area contributed by atoms with Gasteiger partial charge in [-0.2, -0.15) is 5.26 Å². The minimum atomic E-state index is -0.116. The van der Waals surface area contributed by atoms with Crippen molar-refractivity contribution in [1.29, 1.82) is 5.26 Å². The van der Waals surface area contributed by atoms with Crippen molar-refractivity contribution >= 4 is 45.3 Å². The molecule has 0 saturated heterocycles. The zero-order valence-corrected chi connectivity index (χ0v) is 21.6. The number of thioether (sulfide) groups is 1. The van der Waals surface area contributed by atoms with Gasteiger partial charge >= 0.3 is 0 Å². The van der Waals surface area contributed by atoms with Crippen molar-refractivity contribution in [3.63, 3.8) is 0 Å². The number of hydrogen-bond acceptors (Lipinski definition) is 7. The second-order valence-electron chi connectivity index (χ2n) is 9.27. The maximum atomic E-state index is 12.7. The van der Waals surface area contributed by atoms with Crippen LogP contribution in [0.2, 0.25) is 0 Å². The van der Waals surface area contributed by atoms with E-state index < -0.39 is 0 Å². The Morgan fingerprint density at radius 3 is 2.70 bits per heavy atom. The summed E-state index contributed by atoms with van der Waals surface area (Å²) in [4.78, 5) is 15.4. The third-order valence-electron chi connectivity index (χ3n) is 6.69. The maximum absolute atomic E-state index is 12.7. The molecule has 0 aromatic carbocycles. The van der Waals surface area contributed by atoms with Crippen molar-refractivity contribution in [2.24, 2.45) is 18.9 Å². The fourth-order valence-electron chi connectivity index (χ4n) is 4.79. The number of hydrogen-bond donors (Lipinski definition) is 1. The Morgan fingerprint density at radius 2 is 1.94 bits per heavy atom. The molecule has 0 aliphatic heterocycles. The summed E-state index contributed by atoms with van der Waals surface area (Å²) in [6, 6.07) is 2.32. The van der Waals surface area contributed by atoms with Crippen molar-refractivity contribution in [3.8, 4) is 17.5 Å². The number of rotatable bonds is 5. The molecule has 6 nitrogen and oxygen atoms in total. The first-order chi connectivity index (χ1) is 15.9. The summed E-state index contributed by atoms with van der Waals surface area (Å²) in [5.74, 6) is 2.36. The van der Waals surface area contributed by atoms with Gasteiger partial charge in [-0.15, -0.1) is 32.9 Å². The number of carbonyl (C=O) groups excluding carboxylic acids is 1. The number of nitrogens with one attached hydrogen (secondary N) is 1. The minimum Gasteiger partial charge on any atom is -0.316 e. The van der Waals surface area contributed by atoms with E-state index in [4.69, 9.17) is 0 Å². The number of carbonyl (C=O) groups is 1. The third kappa shape index (κ3) is 4.36. The summed E-state index contributed by atoms with van der Waals surface area (Å²) in [6.45, 7) is 4.56. The van der Waals surface area contributed by atoms with E-state index in [9.17, 15) is 10.1 Å². The number of anilines is 1. The van der Waals surface area contributed by atoms with Gasteiger partial charge in [0.25, 0.3) is 0 Å². The Kier molecular flexibility index (Phi) is 6.34. The van der Waals surface area contributed by atoms with E-state index in [0.29, 0.717) is 16.5 Å². The SMILES string of the molecule is CC1CCc2c(-c3nnc(SCC(=O)Nc4sc5c(c4C#N)CCC(C)C5)n3C)csc2C1. The second kappa shape index (κ2) is 9.24. The normalized spacial score (nSPS) is 19.6. The van der Waals surface area contributed by atoms with E-state index in [1.165, 1.54) is 39.1 Å². The van der Waals surface area contributed by atoms with Crippen LogP contribution in [0.5, 0.6) is 0 Å². The van der Waals surface area contributed by atoms with Crippen molar-refractivity contribution in [1.82, 2.24) is 14.8 Å². The standard InChI is InChI=1S/C24H27N5OS3/c1-13-5-7-16-18(11-31-19(16)8-13)22-27-28-24(29(22)3)32-12-21(30)26-23-17(10-25)15-6-4-14(2)9-20(15)33-23/h11,13-14H,4-9,12H2,1-3H3,(H,26,30). The molecule has 0 bridgehead atoms. The molecule has 9 heteroatoms. The zero-order valence-electron chi connectivity index (χ0n) is 19.1. The highest BCUT2D eigenvalue weighted by atomic mass is 32.2. The monoisotopic (exact) mass is 497 g/mol. The lowest BCUT2D eigenvalue weighted by Crippen LogP contribution is -2.14. The zero-order chi connectivity index (χ0) is 23.1. The molecule has 2 atom stereocenters. The van der Waals surface area contributed by atoms with Gasteiger partial charge < -0.3 is 9.88 Å². The van der Waals surface area contributed by atoms with Crippen LogP contribution in [0.4, 0.5) is 5.00 Å². The first kappa shape index (κ1) is 22.6. The Bertz CT molecular complexity index is 1250. The first-order valence-electron chi connectivity index (χ1n) is 11.4. The molecule has 172 valence electrons. The van der Waals surface area contributed by atoms with Crippen LogP contribution in [0.15, 0.2) is 10.5 Å². The molecule has 3 aromatic heterocycles. The van der Waals surface area contributed by atoms with Crippen molar-refractivity contribution in [2.45, 2.75) is 57.5 Å². The number of nitriles is 1. The highest BCUT2D eigenvalue weighted by Crippen LogP contribution is 2.40. The Labute approximate surface area is 206 Å². The molecule has 0 radical (unpaired) electrons. The molecule has 1 amide bonds. The van der Waals surface area contributed by atoms with Gasteiger partial charge in [-0.1, -0.05) is 25.6 Å². The molecule has 0 saturated carbocycles. The molecule has 0 spiro atoms. The quantitative estimate of drug-likeness (QED) is 0.474. The van der Waals surface area contributed by atoms with Gasteiger partial charge in [-0.05, 0) is 61.5 Å². The van der Waals surface area contributed by atoms with E-state index >= 15 is 0 Å². The number of amides is 1. The van der Waals surface area contributed by atoms with Crippen LogP contribution >= 0.6 is 34.4 Å². The fourth-order valence-corrected chi connectivity index (χ4v) is 8.12. The molecule has 33 heavy (non-hydrogen) atoms. The smallest absolute Gasteiger partial charge is 0.235 e. The summed E-state index contributed by atoms with van der Waals surface area (Å²) in [5, 5.41) is 25.1. The fraction of sp³-hybridized carbons (Fsp3) is 0.500. The molecule has 3 heterocycles. The van der Waals surface area contributed by atoms with E-state index in [1.54, 1.807) is 11.3 Å². The highest BCUT2D eigenvalue weighted by molar-refractivity contribution is 7.99. The van der Waals surface area contributed by atoms with Crippen LogP contribution in [-0.4, -0.2) is 26.4 Å². The molecular formula is C24H27N5OS3. The average Bonchev–Trinajstić information content (AvgIpc) is 3.46. The number of aromatic nitrogens is 3. The number of thiophene rings is 2. The van der Waals surface area contributed by atoms with E-state index in [-0.39, 0.29) is 11.7 Å². The molecule has 2 aliphatic carbocycles. The summed E-state index contributed by atoms with van der Waals surface area (Å²) in [6.07, 6.45) is 6.47. The van der Waals surface area contributed by atoms with Crippen molar-refractivity contribution in [3.05, 3.63) is 31.8 Å². The minimum absolute atomic E-state index is 0.116. The molecule has 2 unspecified atom stereocenters. The predicted molar refractivity (Wildman–Crippen MR) is 135 cm³/mol. The van der Waals surface area contributed by atoms with Gasteiger partial charge in [0.2, 0.25) is 5.91 Å². The van der Waals surface area contributed by atoms with Crippen LogP contribution in [0, 0.1) is 23.2 Å². The van der Waals surface area contributed by atoms with Gasteiger partial charge in [0, 0.05) is 27.7 Å². The van der Waals surface area contributed by atoms with E-state index in [0.717, 1.165) is 54.6 Å². The van der Waals surface area contributed by atoms with Crippen LogP contribution in [0.3, 0.4) is 0 Å². The summed E-state index contributed by atoms with van der Waals surface area (Å²) in [7, 11) is 1.97.